The van der Waals surface area contributed by atoms with E-state index >= 15 is 0 Å². The Balaban J connectivity index is 3.04. The number of hydrogen-bond donors (Lipinski definition) is 0. The first kappa shape index (κ1) is 15.4. The zero-order chi connectivity index (χ0) is 13.1. The standard InChI is InChI=1S/C10H15BrClNO2S2/c1-3-13(6-4-5-12)17(14,15)9-7-10(11)16-8(9)2/h7H,3-6H2,1-2H3. The van der Waals surface area contributed by atoms with Gasteiger partial charge >= 0.3 is 0 Å². The number of nitrogens with zero attached hydrogens (tertiary/aromatic N) is 1. The molecule has 0 fully saturated rings. The van der Waals surface area contributed by atoms with Crippen molar-refractivity contribution in [3.05, 3.63) is 14.7 Å². The van der Waals surface area contributed by atoms with E-state index in [-0.39, 0.29) is 0 Å². The highest BCUT2D eigenvalue weighted by molar-refractivity contribution is 9.11. The Morgan fingerprint density at radius 3 is 2.59 bits per heavy atom. The van der Waals surface area contributed by atoms with E-state index in [1.807, 2.05) is 13.8 Å². The Bertz CT molecular complexity index is 473. The number of alkyl halides is 1. The van der Waals surface area contributed by atoms with Gasteiger partial charge in [0, 0.05) is 23.8 Å². The molecule has 17 heavy (non-hydrogen) atoms. The van der Waals surface area contributed by atoms with Crippen molar-refractivity contribution in [3.8, 4) is 0 Å². The summed E-state index contributed by atoms with van der Waals surface area (Å²) in [6.45, 7) is 4.58. The Kier molecular flexibility index (Phi) is 5.92. The lowest BCUT2D eigenvalue weighted by molar-refractivity contribution is 0.428. The predicted octanol–water partition coefficient (Wildman–Crippen LogP) is 3.46. The number of hydrogen-bond acceptors (Lipinski definition) is 3. The van der Waals surface area contributed by atoms with Crippen LogP contribution in [0.4, 0.5) is 0 Å². The highest BCUT2D eigenvalue weighted by Gasteiger charge is 2.25. The Morgan fingerprint density at radius 1 is 1.53 bits per heavy atom. The van der Waals surface area contributed by atoms with E-state index in [0.29, 0.717) is 30.3 Å². The highest BCUT2D eigenvalue weighted by Crippen LogP contribution is 2.31. The van der Waals surface area contributed by atoms with Gasteiger partial charge in [-0.25, -0.2) is 8.42 Å². The summed E-state index contributed by atoms with van der Waals surface area (Å²) in [6.07, 6.45) is 0.666. The van der Waals surface area contributed by atoms with Crippen LogP contribution < -0.4 is 0 Å². The first-order valence-electron chi connectivity index (χ1n) is 5.25. The van der Waals surface area contributed by atoms with Crippen molar-refractivity contribution in [2.75, 3.05) is 19.0 Å². The van der Waals surface area contributed by atoms with Gasteiger partial charge in [0.05, 0.1) is 8.68 Å². The van der Waals surface area contributed by atoms with Crippen LogP contribution in [0.5, 0.6) is 0 Å². The number of thiophene rings is 1. The Labute approximate surface area is 120 Å². The number of sulfonamides is 1. The summed E-state index contributed by atoms with van der Waals surface area (Å²) in [5.74, 6) is 0.471. The van der Waals surface area contributed by atoms with Gasteiger partial charge in [-0.15, -0.1) is 22.9 Å². The Morgan fingerprint density at radius 2 is 2.18 bits per heavy atom. The number of rotatable bonds is 6. The molecular weight excluding hydrogens is 346 g/mol. The first-order valence-corrected chi connectivity index (χ1v) is 8.84. The van der Waals surface area contributed by atoms with Crippen molar-refractivity contribution in [1.29, 1.82) is 0 Å². The van der Waals surface area contributed by atoms with Gasteiger partial charge in [0.15, 0.2) is 0 Å². The molecule has 1 heterocycles. The minimum atomic E-state index is -3.38. The third-order valence-corrected chi connectivity index (χ3v) is 6.40. The van der Waals surface area contributed by atoms with Gasteiger partial charge in [-0.2, -0.15) is 4.31 Å². The van der Waals surface area contributed by atoms with Crippen molar-refractivity contribution >= 4 is 48.9 Å². The summed E-state index contributed by atoms with van der Waals surface area (Å²) >= 11 is 10.4. The van der Waals surface area contributed by atoms with Gasteiger partial charge in [0.1, 0.15) is 0 Å². The molecule has 1 aromatic heterocycles. The van der Waals surface area contributed by atoms with E-state index in [1.165, 1.54) is 15.6 Å². The van der Waals surface area contributed by atoms with Crippen LogP contribution in [0, 0.1) is 6.92 Å². The van der Waals surface area contributed by atoms with Crippen LogP contribution in [0.1, 0.15) is 18.2 Å². The average Bonchev–Trinajstić information content (AvgIpc) is 2.59. The van der Waals surface area contributed by atoms with Crippen LogP contribution in [0.25, 0.3) is 0 Å². The van der Waals surface area contributed by atoms with Crippen molar-refractivity contribution in [3.63, 3.8) is 0 Å². The van der Waals surface area contributed by atoms with Crippen LogP contribution in [0.3, 0.4) is 0 Å². The van der Waals surface area contributed by atoms with Crippen LogP contribution in [-0.4, -0.2) is 31.7 Å². The molecule has 0 aromatic carbocycles. The third-order valence-electron chi connectivity index (χ3n) is 2.35. The summed E-state index contributed by atoms with van der Waals surface area (Å²) in [6, 6.07) is 1.67. The topological polar surface area (TPSA) is 37.4 Å². The molecule has 1 rings (SSSR count). The molecule has 0 radical (unpaired) electrons. The molecule has 3 nitrogen and oxygen atoms in total. The maximum atomic E-state index is 12.4. The molecule has 0 amide bonds. The summed E-state index contributed by atoms with van der Waals surface area (Å²) < 4.78 is 27.0. The summed E-state index contributed by atoms with van der Waals surface area (Å²) in [4.78, 5) is 1.20. The Hall–Kier alpha value is 0.380. The molecule has 0 bridgehead atoms. The molecule has 98 valence electrons. The highest BCUT2D eigenvalue weighted by atomic mass is 79.9. The fourth-order valence-electron chi connectivity index (χ4n) is 1.51. The second kappa shape index (κ2) is 6.52. The smallest absolute Gasteiger partial charge is 0.207 e. The molecule has 0 atom stereocenters. The summed E-state index contributed by atoms with van der Waals surface area (Å²) in [5.41, 5.74) is 0. The quantitative estimate of drug-likeness (QED) is 0.729. The molecule has 0 saturated heterocycles. The minimum absolute atomic E-state index is 0.394. The largest absolute Gasteiger partial charge is 0.244 e. The minimum Gasteiger partial charge on any atom is -0.207 e. The van der Waals surface area contributed by atoms with Gasteiger partial charge in [-0.05, 0) is 35.3 Å². The molecule has 0 spiro atoms. The van der Waals surface area contributed by atoms with Gasteiger partial charge in [0.25, 0.3) is 0 Å². The number of halogens is 2. The van der Waals surface area contributed by atoms with E-state index < -0.39 is 10.0 Å². The predicted molar refractivity (Wildman–Crippen MR) is 76.5 cm³/mol. The number of aryl methyl sites for hydroxylation is 1. The fourth-order valence-corrected chi connectivity index (χ4v) is 5.50. The third kappa shape index (κ3) is 3.67. The normalized spacial score (nSPS) is 12.3. The molecule has 0 unspecified atom stereocenters. The zero-order valence-electron chi connectivity index (χ0n) is 9.74. The lowest BCUT2D eigenvalue weighted by Gasteiger charge is -2.19. The molecule has 0 aliphatic heterocycles. The molecular formula is C10H15BrClNO2S2. The average molecular weight is 361 g/mol. The van der Waals surface area contributed by atoms with Gasteiger partial charge in [0.2, 0.25) is 10.0 Å². The van der Waals surface area contributed by atoms with Crippen molar-refractivity contribution in [2.24, 2.45) is 0 Å². The van der Waals surface area contributed by atoms with Gasteiger partial charge in [-0.3, -0.25) is 0 Å². The van der Waals surface area contributed by atoms with E-state index in [4.69, 9.17) is 11.6 Å². The zero-order valence-corrected chi connectivity index (χ0v) is 13.7. The van der Waals surface area contributed by atoms with Crippen molar-refractivity contribution in [1.82, 2.24) is 4.31 Å². The molecule has 0 saturated carbocycles. The molecule has 7 heteroatoms. The fraction of sp³-hybridized carbons (Fsp3) is 0.600. The second-order valence-electron chi connectivity index (χ2n) is 3.51. The van der Waals surface area contributed by atoms with Crippen LogP contribution in [0.2, 0.25) is 0 Å². The van der Waals surface area contributed by atoms with Crippen LogP contribution in [0.15, 0.2) is 14.7 Å². The molecule has 0 N–H and O–H groups in total. The second-order valence-corrected chi connectivity index (χ2v) is 8.43. The lowest BCUT2D eigenvalue weighted by Crippen LogP contribution is -2.32. The van der Waals surface area contributed by atoms with Crippen LogP contribution >= 0.6 is 38.9 Å². The van der Waals surface area contributed by atoms with Gasteiger partial charge < -0.3 is 0 Å². The maximum absolute atomic E-state index is 12.4. The van der Waals surface area contributed by atoms with E-state index in [1.54, 1.807) is 6.07 Å². The molecule has 1 aromatic rings. The van der Waals surface area contributed by atoms with Gasteiger partial charge in [-0.1, -0.05) is 6.92 Å². The van der Waals surface area contributed by atoms with Crippen molar-refractivity contribution < 1.29 is 8.42 Å². The van der Waals surface area contributed by atoms with E-state index in [9.17, 15) is 8.42 Å². The van der Waals surface area contributed by atoms with Crippen LogP contribution in [-0.2, 0) is 10.0 Å². The van der Waals surface area contributed by atoms with Crippen molar-refractivity contribution in [2.45, 2.75) is 25.2 Å². The summed E-state index contributed by atoms with van der Waals surface area (Å²) in [5, 5.41) is 0. The van der Waals surface area contributed by atoms with E-state index in [0.717, 1.165) is 8.66 Å². The lowest BCUT2D eigenvalue weighted by atomic mass is 10.5. The summed E-state index contributed by atoms with van der Waals surface area (Å²) in [7, 11) is -3.38. The first-order chi connectivity index (χ1) is 7.93. The van der Waals surface area contributed by atoms with E-state index in [2.05, 4.69) is 15.9 Å². The SMILES string of the molecule is CCN(CCCCl)S(=O)(=O)c1cc(Br)sc1C. The molecule has 0 aliphatic carbocycles. The maximum Gasteiger partial charge on any atom is 0.244 e. The monoisotopic (exact) mass is 359 g/mol. The molecule has 0 aliphatic rings.